The minimum Gasteiger partial charge on any atom is -0.454 e. The Morgan fingerprint density at radius 1 is 1.31 bits per heavy atom. The minimum absolute atomic E-state index is 0.0485. The number of anilines is 1. The molecule has 0 saturated carbocycles. The van der Waals surface area contributed by atoms with Gasteiger partial charge in [-0.1, -0.05) is 11.2 Å². The van der Waals surface area contributed by atoms with Gasteiger partial charge in [-0.3, -0.25) is 0 Å². The highest BCUT2D eigenvalue weighted by molar-refractivity contribution is 5.90. The van der Waals surface area contributed by atoms with Crippen LogP contribution in [0.2, 0.25) is 0 Å². The lowest BCUT2D eigenvalue weighted by atomic mass is 9.87. The Balaban J connectivity index is 1.42. The number of aliphatic hydroxyl groups is 1. The number of nitrogens with zero attached hydrogens (tertiary/aromatic N) is 2. The first-order valence-corrected chi connectivity index (χ1v) is 8.59. The molecule has 1 fully saturated rings. The van der Waals surface area contributed by atoms with Crippen molar-refractivity contribution in [2.45, 2.75) is 32.3 Å². The van der Waals surface area contributed by atoms with Gasteiger partial charge >= 0.3 is 6.03 Å². The summed E-state index contributed by atoms with van der Waals surface area (Å²) in [7, 11) is 0. The molecule has 0 bridgehead atoms. The fourth-order valence-corrected chi connectivity index (χ4v) is 3.50. The molecular formula is C18H21N3O5. The number of urea groups is 1. The molecule has 26 heavy (non-hydrogen) atoms. The number of aryl methyl sites for hydroxylation is 2. The maximum absolute atomic E-state index is 12.5. The van der Waals surface area contributed by atoms with Gasteiger partial charge in [0.05, 0.1) is 6.10 Å². The molecule has 1 saturated heterocycles. The monoisotopic (exact) mass is 359 g/mol. The third-order valence-electron chi connectivity index (χ3n) is 4.96. The molecule has 2 aromatic rings. The van der Waals surface area contributed by atoms with E-state index in [1.165, 1.54) is 0 Å². The second kappa shape index (κ2) is 6.53. The van der Waals surface area contributed by atoms with Gasteiger partial charge in [-0.2, -0.15) is 0 Å². The van der Waals surface area contributed by atoms with Crippen LogP contribution >= 0.6 is 0 Å². The summed E-state index contributed by atoms with van der Waals surface area (Å²) >= 11 is 0. The number of carbonyl (C=O) groups is 1. The molecule has 2 N–H and O–H groups in total. The topological polar surface area (TPSA) is 97.1 Å². The fraction of sp³-hybridized carbons (Fsp3) is 0.444. The Morgan fingerprint density at radius 3 is 2.85 bits per heavy atom. The molecule has 0 radical (unpaired) electrons. The van der Waals surface area contributed by atoms with Crippen LogP contribution in [0.15, 0.2) is 22.7 Å². The smallest absolute Gasteiger partial charge is 0.322 e. The quantitative estimate of drug-likeness (QED) is 0.855. The van der Waals surface area contributed by atoms with Gasteiger partial charge in [-0.25, -0.2) is 4.79 Å². The summed E-state index contributed by atoms with van der Waals surface area (Å²) in [6, 6.07) is 5.46. The van der Waals surface area contributed by atoms with Gasteiger partial charge < -0.3 is 29.3 Å². The van der Waals surface area contributed by atoms with E-state index in [1.54, 1.807) is 18.7 Å². The van der Waals surface area contributed by atoms with Crippen LogP contribution < -0.4 is 14.8 Å². The number of hydrogen-bond donors (Lipinski definition) is 2. The van der Waals surface area contributed by atoms with E-state index in [0.29, 0.717) is 35.9 Å². The number of rotatable bonds is 2. The second-order valence-corrected chi connectivity index (χ2v) is 6.65. The van der Waals surface area contributed by atoms with Crippen LogP contribution in [0.25, 0.3) is 0 Å². The number of fused-ring (bicyclic) bond motifs is 1. The molecule has 0 spiro atoms. The number of carbonyl (C=O) groups excluding carboxylic acids is 1. The lowest BCUT2D eigenvalue weighted by molar-refractivity contribution is 0.0687. The summed E-state index contributed by atoms with van der Waals surface area (Å²) in [6.07, 6.45) is 0.00933. The van der Waals surface area contributed by atoms with Crippen LogP contribution in [0.4, 0.5) is 10.5 Å². The van der Waals surface area contributed by atoms with Crippen molar-refractivity contribution in [3.05, 3.63) is 35.2 Å². The van der Waals surface area contributed by atoms with Gasteiger partial charge in [0.25, 0.3) is 0 Å². The molecule has 8 heteroatoms. The van der Waals surface area contributed by atoms with Gasteiger partial charge in [0.1, 0.15) is 11.4 Å². The average molecular weight is 359 g/mol. The molecule has 2 aliphatic heterocycles. The number of likely N-dealkylation sites (tertiary alicyclic amines) is 1. The number of amides is 2. The predicted octanol–water partition coefficient (Wildman–Crippen LogP) is 2.40. The van der Waals surface area contributed by atoms with E-state index in [4.69, 9.17) is 14.0 Å². The Morgan fingerprint density at radius 2 is 2.12 bits per heavy atom. The molecule has 2 atom stereocenters. The summed E-state index contributed by atoms with van der Waals surface area (Å²) < 4.78 is 15.8. The minimum atomic E-state index is -0.653. The highest BCUT2D eigenvalue weighted by atomic mass is 16.7. The molecule has 2 aliphatic rings. The lowest BCUT2D eigenvalue weighted by Gasteiger charge is -2.36. The largest absolute Gasteiger partial charge is 0.454 e. The molecule has 2 amide bonds. The molecule has 8 nitrogen and oxygen atoms in total. The number of nitrogens with one attached hydrogen (secondary N) is 1. The van der Waals surface area contributed by atoms with Crippen molar-refractivity contribution < 1.29 is 23.9 Å². The van der Waals surface area contributed by atoms with Crippen LogP contribution in [-0.4, -0.2) is 47.2 Å². The molecule has 138 valence electrons. The first kappa shape index (κ1) is 16.7. The summed E-state index contributed by atoms with van der Waals surface area (Å²) in [5.74, 6) is 1.94. The zero-order valence-corrected chi connectivity index (χ0v) is 14.7. The van der Waals surface area contributed by atoms with E-state index in [2.05, 4.69) is 10.5 Å². The number of β-amino-alcohol motifs (C(OH)–C–C–N with tert-alkyl or cyclic N) is 1. The number of aromatic nitrogens is 1. The maximum atomic E-state index is 12.5. The molecule has 1 aromatic heterocycles. The van der Waals surface area contributed by atoms with E-state index in [0.717, 1.165) is 11.3 Å². The molecule has 3 heterocycles. The van der Waals surface area contributed by atoms with Gasteiger partial charge in [-0.15, -0.1) is 0 Å². The van der Waals surface area contributed by atoms with E-state index in [-0.39, 0.29) is 25.3 Å². The van der Waals surface area contributed by atoms with Crippen molar-refractivity contribution in [2.75, 3.05) is 25.2 Å². The van der Waals surface area contributed by atoms with Crippen LogP contribution in [0.1, 0.15) is 29.4 Å². The van der Waals surface area contributed by atoms with Gasteiger partial charge in [-0.05, 0) is 38.0 Å². The molecule has 0 unspecified atom stereocenters. The van der Waals surface area contributed by atoms with E-state index in [9.17, 15) is 9.90 Å². The lowest BCUT2D eigenvalue weighted by Crippen LogP contribution is -2.47. The zero-order valence-electron chi connectivity index (χ0n) is 14.7. The highest BCUT2D eigenvalue weighted by Crippen LogP contribution is 2.37. The third kappa shape index (κ3) is 2.96. The number of benzene rings is 1. The normalized spacial score (nSPS) is 21.7. The van der Waals surface area contributed by atoms with Gasteiger partial charge in [0.2, 0.25) is 6.79 Å². The average Bonchev–Trinajstić information content (AvgIpc) is 3.22. The Bertz CT molecular complexity index is 815. The Labute approximate surface area is 150 Å². The fourth-order valence-electron chi connectivity index (χ4n) is 3.50. The maximum Gasteiger partial charge on any atom is 0.322 e. The van der Waals surface area contributed by atoms with Crippen molar-refractivity contribution in [3.63, 3.8) is 0 Å². The van der Waals surface area contributed by atoms with Crippen molar-refractivity contribution in [1.82, 2.24) is 10.1 Å². The van der Waals surface area contributed by atoms with Crippen LogP contribution in [0.5, 0.6) is 11.5 Å². The molecule has 1 aromatic carbocycles. The third-order valence-corrected chi connectivity index (χ3v) is 4.96. The standard InChI is InChI=1S/C18H21N3O5/c1-10-17(11(2)26-20-10)19-18(23)21-6-5-13(14(22)8-21)12-3-4-15-16(7-12)25-9-24-15/h3-4,7,13-14,22H,5-6,8-9H2,1-2H3,(H,19,23)/t13-,14+/m0/s1. The van der Waals surface area contributed by atoms with Crippen molar-refractivity contribution >= 4 is 11.7 Å². The Hall–Kier alpha value is -2.74. The van der Waals surface area contributed by atoms with Gasteiger partial charge in [0.15, 0.2) is 17.3 Å². The number of ether oxygens (including phenoxy) is 2. The summed E-state index contributed by atoms with van der Waals surface area (Å²) in [6.45, 7) is 4.55. The van der Waals surface area contributed by atoms with E-state index >= 15 is 0 Å². The summed E-state index contributed by atoms with van der Waals surface area (Å²) in [5.41, 5.74) is 2.21. The first-order valence-electron chi connectivity index (χ1n) is 8.59. The van der Waals surface area contributed by atoms with Crippen molar-refractivity contribution in [1.29, 1.82) is 0 Å². The number of piperidine rings is 1. The summed E-state index contributed by atoms with van der Waals surface area (Å²) in [4.78, 5) is 14.1. The molecular weight excluding hydrogens is 338 g/mol. The molecule has 4 rings (SSSR count). The number of aliphatic hydroxyl groups excluding tert-OH is 1. The number of hydrogen-bond acceptors (Lipinski definition) is 6. The first-order chi connectivity index (χ1) is 12.5. The summed E-state index contributed by atoms with van der Waals surface area (Å²) in [5, 5.41) is 17.3. The van der Waals surface area contributed by atoms with E-state index < -0.39 is 6.10 Å². The van der Waals surface area contributed by atoms with Crippen LogP contribution in [-0.2, 0) is 0 Å². The SMILES string of the molecule is Cc1noc(C)c1NC(=O)N1CC[C@@H](c2ccc3c(c2)OCO3)[C@H](O)C1. The van der Waals surface area contributed by atoms with Gasteiger partial charge in [0, 0.05) is 19.0 Å². The second-order valence-electron chi connectivity index (χ2n) is 6.65. The highest BCUT2D eigenvalue weighted by Gasteiger charge is 2.32. The molecule has 0 aliphatic carbocycles. The zero-order chi connectivity index (χ0) is 18.3. The predicted molar refractivity (Wildman–Crippen MR) is 92.5 cm³/mol. The van der Waals surface area contributed by atoms with Crippen LogP contribution in [0, 0.1) is 13.8 Å². The van der Waals surface area contributed by atoms with Crippen molar-refractivity contribution in [2.24, 2.45) is 0 Å². The van der Waals surface area contributed by atoms with E-state index in [1.807, 2.05) is 18.2 Å². The van der Waals surface area contributed by atoms with Crippen molar-refractivity contribution in [3.8, 4) is 11.5 Å². The Kier molecular flexibility index (Phi) is 4.20. The van der Waals surface area contributed by atoms with Crippen LogP contribution in [0.3, 0.4) is 0 Å².